The van der Waals surface area contributed by atoms with Crippen molar-refractivity contribution in [3.63, 3.8) is 0 Å². The van der Waals surface area contributed by atoms with E-state index in [0.717, 1.165) is 11.5 Å². The summed E-state index contributed by atoms with van der Waals surface area (Å²) < 4.78 is 10.8. The summed E-state index contributed by atoms with van der Waals surface area (Å²) >= 11 is 0. The van der Waals surface area contributed by atoms with Crippen LogP contribution in [0.15, 0.2) is 18.2 Å². The van der Waals surface area contributed by atoms with Crippen molar-refractivity contribution < 1.29 is 9.47 Å². The van der Waals surface area contributed by atoms with Gasteiger partial charge < -0.3 is 14.8 Å². The Morgan fingerprint density at radius 2 is 1.81 bits per heavy atom. The van der Waals surface area contributed by atoms with Crippen molar-refractivity contribution in [1.82, 2.24) is 5.32 Å². The Morgan fingerprint density at radius 1 is 1.14 bits per heavy atom. The van der Waals surface area contributed by atoms with E-state index in [2.05, 4.69) is 32.2 Å². The maximum atomic E-state index is 5.49. The van der Waals surface area contributed by atoms with Crippen molar-refractivity contribution in [3.05, 3.63) is 23.8 Å². The molecule has 3 nitrogen and oxygen atoms in total. The van der Waals surface area contributed by atoms with Gasteiger partial charge in [0.1, 0.15) is 11.5 Å². The van der Waals surface area contributed by atoms with Crippen LogP contribution in [0.25, 0.3) is 0 Å². The number of methoxy groups -OCH3 is 2. The highest BCUT2D eigenvalue weighted by Crippen LogP contribution is 2.36. The Hall–Kier alpha value is -1.22. The lowest BCUT2D eigenvalue weighted by Crippen LogP contribution is -2.37. The van der Waals surface area contributed by atoms with Gasteiger partial charge in [0.15, 0.2) is 0 Å². The summed E-state index contributed by atoms with van der Waals surface area (Å²) in [4.78, 5) is 0. The molecule has 1 aromatic rings. The first-order chi connectivity index (χ1) is 9.95. The van der Waals surface area contributed by atoms with Gasteiger partial charge in [-0.05, 0) is 56.2 Å². The zero-order valence-electron chi connectivity index (χ0n) is 14.0. The van der Waals surface area contributed by atoms with Crippen LogP contribution < -0.4 is 14.8 Å². The quantitative estimate of drug-likeness (QED) is 0.876. The third kappa shape index (κ3) is 4.13. The van der Waals surface area contributed by atoms with Gasteiger partial charge in [0.25, 0.3) is 0 Å². The van der Waals surface area contributed by atoms with E-state index in [9.17, 15) is 0 Å². The van der Waals surface area contributed by atoms with Gasteiger partial charge in [-0.25, -0.2) is 0 Å². The number of benzene rings is 1. The molecule has 1 N–H and O–H groups in total. The summed E-state index contributed by atoms with van der Waals surface area (Å²) in [5, 5.41) is 3.76. The lowest BCUT2D eigenvalue weighted by molar-refractivity contribution is 0.199. The predicted octanol–water partition coefficient (Wildman–Crippen LogP) is 4.32. The van der Waals surface area contributed by atoms with E-state index in [4.69, 9.17) is 9.47 Å². The first kappa shape index (κ1) is 16.2. The van der Waals surface area contributed by atoms with Crippen LogP contribution in [0.5, 0.6) is 11.5 Å². The molecule has 0 heterocycles. The lowest BCUT2D eigenvalue weighted by Gasteiger charge is -2.36. The molecule has 1 saturated carbocycles. The van der Waals surface area contributed by atoms with Gasteiger partial charge in [-0.3, -0.25) is 0 Å². The second kappa shape index (κ2) is 6.69. The smallest absolute Gasteiger partial charge is 0.123 e. The third-order valence-corrected chi connectivity index (χ3v) is 4.73. The van der Waals surface area contributed by atoms with E-state index >= 15 is 0 Å². The van der Waals surface area contributed by atoms with Crippen molar-refractivity contribution in [2.24, 2.45) is 5.41 Å². The molecule has 1 aliphatic carbocycles. The van der Waals surface area contributed by atoms with E-state index < -0.39 is 0 Å². The normalized spacial score (nSPS) is 20.0. The van der Waals surface area contributed by atoms with Gasteiger partial charge in [0.05, 0.1) is 14.2 Å². The molecular formula is C18H29NO2. The van der Waals surface area contributed by atoms with Crippen molar-refractivity contribution in [3.8, 4) is 11.5 Å². The first-order valence-electron chi connectivity index (χ1n) is 7.93. The summed E-state index contributed by atoms with van der Waals surface area (Å²) in [6.45, 7) is 6.95. The van der Waals surface area contributed by atoms with E-state index in [1.807, 2.05) is 12.1 Å². The fourth-order valence-corrected chi connectivity index (χ4v) is 3.19. The summed E-state index contributed by atoms with van der Waals surface area (Å²) in [5.41, 5.74) is 1.68. The molecule has 0 bridgehead atoms. The lowest BCUT2D eigenvalue weighted by atomic mass is 9.75. The highest BCUT2D eigenvalue weighted by atomic mass is 16.5. The minimum absolute atomic E-state index is 0.265. The van der Waals surface area contributed by atoms with Crippen LogP contribution in [-0.4, -0.2) is 20.3 Å². The number of ether oxygens (including phenoxy) is 2. The van der Waals surface area contributed by atoms with Crippen molar-refractivity contribution in [1.29, 1.82) is 0 Å². The maximum absolute atomic E-state index is 5.49. The van der Waals surface area contributed by atoms with Crippen LogP contribution in [0, 0.1) is 5.41 Å². The van der Waals surface area contributed by atoms with Crippen LogP contribution in [0.4, 0.5) is 0 Å². The molecule has 1 fully saturated rings. The molecule has 0 aromatic heterocycles. The monoisotopic (exact) mass is 291 g/mol. The Morgan fingerprint density at radius 3 is 2.38 bits per heavy atom. The molecule has 0 aliphatic heterocycles. The molecule has 1 aromatic carbocycles. The van der Waals surface area contributed by atoms with E-state index in [1.165, 1.54) is 31.2 Å². The summed E-state index contributed by atoms with van der Waals surface area (Å²) in [7, 11) is 3.42. The van der Waals surface area contributed by atoms with Gasteiger partial charge >= 0.3 is 0 Å². The maximum Gasteiger partial charge on any atom is 0.123 e. The number of rotatable bonds is 5. The highest BCUT2D eigenvalue weighted by molar-refractivity contribution is 5.42. The highest BCUT2D eigenvalue weighted by Gasteiger charge is 2.27. The van der Waals surface area contributed by atoms with Crippen molar-refractivity contribution in [2.75, 3.05) is 14.2 Å². The SMILES string of the molecule is COc1ccc(OC)c(C(C)NC2CCC(C)(C)CC2)c1. The fourth-order valence-electron chi connectivity index (χ4n) is 3.19. The average molecular weight is 291 g/mol. The van der Waals surface area contributed by atoms with E-state index in [0.29, 0.717) is 11.5 Å². The van der Waals surface area contributed by atoms with Crippen molar-refractivity contribution in [2.45, 2.75) is 58.5 Å². The summed E-state index contributed by atoms with van der Waals surface area (Å²) in [5.74, 6) is 1.80. The molecule has 118 valence electrons. The molecule has 0 spiro atoms. The van der Waals surface area contributed by atoms with Gasteiger partial charge in [-0.15, -0.1) is 0 Å². The van der Waals surface area contributed by atoms with Crippen LogP contribution >= 0.6 is 0 Å². The third-order valence-electron chi connectivity index (χ3n) is 4.73. The predicted molar refractivity (Wildman–Crippen MR) is 87.1 cm³/mol. The second-order valence-electron chi connectivity index (χ2n) is 6.93. The summed E-state index contributed by atoms with van der Waals surface area (Å²) in [6.07, 6.45) is 5.10. The van der Waals surface area contributed by atoms with E-state index in [-0.39, 0.29) is 6.04 Å². The standard InChI is InChI=1S/C18H29NO2/c1-13(19-14-8-10-18(2,3)11-9-14)16-12-15(20-4)6-7-17(16)21-5/h6-7,12-14,19H,8-11H2,1-5H3. The minimum atomic E-state index is 0.265. The second-order valence-corrected chi connectivity index (χ2v) is 6.93. The van der Waals surface area contributed by atoms with Gasteiger partial charge in [0, 0.05) is 17.6 Å². The zero-order valence-corrected chi connectivity index (χ0v) is 14.0. The Kier molecular flexibility index (Phi) is 5.15. The molecule has 0 amide bonds. The van der Waals surface area contributed by atoms with Gasteiger partial charge in [-0.2, -0.15) is 0 Å². The topological polar surface area (TPSA) is 30.5 Å². The average Bonchev–Trinajstić information content (AvgIpc) is 2.48. The Balaban J connectivity index is 2.04. The Bertz CT molecular complexity index is 460. The molecule has 1 aliphatic rings. The number of hydrogen-bond acceptors (Lipinski definition) is 3. The first-order valence-corrected chi connectivity index (χ1v) is 7.93. The van der Waals surface area contributed by atoms with Gasteiger partial charge in [0.2, 0.25) is 0 Å². The Labute approximate surface area is 129 Å². The summed E-state index contributed by atoms with van der Waals surface area (Å²) in [6, 6.07) is 6.86. The van der Waals surface area contributed by atoms with E-state index in [1.54, 1.807) is 14.2 Å². The molecule has 21 heavy (non-hydrogen) atoms. The van der Waals surface area contributed by atoms with Crippen LogP contribution in [-0.2, 0) is 0 Å². The fraction of sp³-hybridized carbons (Fsp3) is 0.667. The van der Waals surface area contributed by atoms with Crippen LogP contribution in [0.3, 0.4) is 0 Å². The number of nitrogens with one attached hydrogen (secondary N) is 1. The molecular weight excluding hydrogens is 262 g/mol. The molecule has 0 saturated heterocycles. The van der Waals surface area contributed by atoms with Gasteiger partial charge in [-0.1, -0.05) is 13.8 Å². The van der Waals surface area contributed by atoms with Crippen molar-refractivity contribution >= 4 is 0 Å². The zero-order chi connectivity index (χ0) is 15.5. The molecule has 1 unspecified atom stereocenters. The molecule has 0 radical (unpaired) electrons. The largest absolute Gasteiger partial charge is 0.497 e. The molecule has 3 heteroatoms. The minimum Gasteiger partial charge on any atom is -0.497 e. The molecule has 2 rings (SSSR count). The van der Waals surface area contributed by atoms with Crippen LogP contribution in [0.2, 0.25) is 0 Å². The number of hydrogen-bond donors (Lipinski definition) is 1. The molecule has 1 atom stereocenters. The van der Waals surface area contributed by atoms with Crippen LogP contribution in [0.1, 0.15) is 58.1 Å².